The molecule has 0 radical (unpaired) electrons. The average molecular weight is 500 g/mol. The first-order valence-corrected chi connectivity index (χ1v) is 11.0. The Morgan fingerprint density at radius 2 is 2.03 bits per heavy atom. The fourth-order valence-electron chi connectivity index (χ4n) is 3.33. The molecule has 0 aliphatic carbocycles. The molecule has 2 aromatic carbocycles. The van der Waals surface area contributed by atoms with E-state index >= 15 is 0 Å². The van der Waals surface area contributed by atoms with Gasteiger partial charge in [0, 0.05) is 29.2 Å². The summed E-state index contributed by atoms with van der Waals surface area (Å²) in [5.74, 6) is -0.00243. The maximum atomic E-state index is 13.3. The van der Waals surface area contributed by atoms with Crippen molar-refractivity contribution in [3.05, 3.63) is 99.7 Å². The number of aliphatic hydroxyl groups is 1. The topological polar surface area (TPSA) is 92.1 Å². The number of hydrogen-bond acceptors (Lipinski definition) is 5. The van der Waals surface area contributed by atoms with Crippen molar-refractivity contribution in [1.82, 2.24) is 19.9 Å². The zero-order chi connectivity index (χ0) is 24.2. The molecule has 0 spiro atoms. The van der Waals surface area contributed by atoms with Crippen LogP contribution in [0.3, 0.4) is 0 Å². The summed E-state index contributed by atoms with van der Waals surface area (Å²) >= 11 is 12.1. The van der Waals surface area contributed by atoms with Crippen molar-refractivity contribution >= 4 is 40.7 Å². The smallest absolute Gasteiger partial charge is 0.253 e. The normalized spacial score (nSPS) is 11.8. The quantitative estimate of drug-likeness (QED) is 0.323. The predicted molar refractivity (Wildman–Crippen MR) is 130 cm³/mol. The number of rotatable bonds is 7. The van der Waals surface area contributed by atoms with Gasteiger partial charge in [-0.3, -0.25) is 4.79 Å². The van der Waals surface area contributed by atoms with Crippen molar-refractivity contribution in [3.8, 4) is 5.82 Å². The van der Waals surface area contributed by atoms with Gasteiger partial charge in [-0.1, -0.05) is 35.3 Å². The number of halogens is 3. The van der Waals surface area contributed by atoms with E-state index in [0.29, 0.717) is 27.7 Å². The standard InChI is InChI=1S/C24H20Cl2FN5O2/c1-14-11-28-24(30-20-6-5-18(27)10-19(20)26)31-22(14)32-8-7-16(12-32)23(34)29-21(13-33)15-3-2-4-17(25)9-15/h2-12,21,33H,13H2,1H3,(H,29,34)(H,28,30,31). The number of carbonyl (C=O) groups is 1. The van der Waals surface area contributed by atoms with E-state index in [1.807, 2.05) is 6.92 Å². The zero-order valence-corrected chi connectivity index (χ0v) is 19.5. The Balaban J connectivity index is 1.54. The minimum absolute atomic E-state index is 0.198. The minimum Gasteiger partial charge on any atom is -0.394 e. The third-order valence-corrected chi connectivity index (χ3v) is 5.61. The SMILES string of the molecule is Cc1cnc(Nc2ccc(F)cc2Cl)nc1-n1ccc(C(=O)NC(CO)c2cccc(Cl)c2)c1. The van der Waals surface area contributed by atoms with Crippen LogP contribution in [0.4, 0.5) is 16.0 Å². The average Bonchev–Trinajstić information content (AvgIpc) is 3.30. The van der Waals surface area contributed by atoms with Crippen LogP contribution in [0, 0.1) is 12.7 Å². The van der Waals surface area contributed by atoms with Crippen molar-refractivity contribution in [2.45, 2.75) is 13.0 Å². The third-order valence-electron chi connectivity index (χ3n) is 5.06. The zero-order valence-electron chi connectivity index (χ0n) is 18.0. The number of carbonyl (C=O) groups excluding carboxylic acids is 1. The molecule has 2 aromatic heterocycles. The number of benzene rings is 2. The van der Waals surface area contributed by atoms with E-state index in [1.54, 1.807) is 53.5 Å². The monoisotopic (exact) mass is 499 g/mol. The molecule has 4 rings (SSSR count). The highest BCUT2D eigenvalue weighted by atomic mass is 35.5. The molecule has 3 N–H and O–H groups in total. The number of nitrogens with one attached hydrogen (secondary N) is 2. The minimum atomic E-state index is -0.605. The van der Waals surface area contributed by atoms with Gasteiger partial charge in [0.2, 0.25) is 5.95 Å². The summed E-state index contributed by atoms with van der Waals surface area (Å²) in [5.41, 5.74) is 2.31. The van der Waals surface area contributed by atoms with Crippen molar-refractivity contribution in [2.24, 2.45) is 0 Å². The second-order valence-electron chi connectivity index (χ2n) is 7.52. The molecule has 1 amide bonds. The maximum Gasteiger partial charge on any atom is 0.253 e. The largest absolute Gasteiger partial charge is 0.394 e. The molecule has 1 unspecified atom stereocenters. The Kier molecular flexibility index (Phi) is 7.12. The lowest BCUT2D eigenvalue weighted by molar-refractivity contribution is 0.0916. The van der Waals surface area contributed by atoms with E-state index in [0.717, 1.165) is 5.56 Å². The van der Waals surface area contributed by atoms with Gasteiger partial charge in [-0.05, 0) is 48.9 Å². The Morgan fingerprint density at radius 1 is 1.21 bits per heavy atom. The van der Waals surface area contributed by atoms with Gasteiger partial charge in [0.25, 0.3) is 5.91 Å². The van der Waals surface area contributed by atoms with Crippen molar-refractivity contribution in [1.29, 1.82) is 0 Å². The first kappa shape index (κ1) is 23.7. The van der Waals surface area contributed by atoms with E-state index in [2.05, 4.69) is 20.6 Å². The van der Waals surface area contributed by atoms with Gasteiger partial charge in [0.05, 0.1) is 28.9 Å². The second kappa shape index (κ2) is 10.2. The molecule has 0 saturated heterocycles. The van der Waals surface area contributed by atoms with Crippen LogP contribution in [0.2, 0.25) is 10.0 Å². The molecule has 34 heavy (non-hydrogen) atoms. The van der Waals surface area contributed by atoms with Gasteiger partial charge in [0.15, 0.2) is 0 Å². The summed E-state index contributed by atoms with van der Waals surface area (Å²) < 4.78 is 15.0. The van der Waals surface area contributed by atoms with Gasteiger partial charge < -0.3 is 20.3 Å². The summed E-state index contributed by atoms with van der Waals surface area (Å²) in [6, 6.07) is 12.0. The maximum absolute atomic E-state index is 13.3. The van der Waals surface area contributed by atoms with E-state index in [-0.39, 0.29) is 23.5 Å². The predicted octanol–water partition coefficient (Wildman–Crippen LogP) is 5.23. The molecule has 10 heteroatoms. The number of aromatic nitrogens is 3. The lowest BCUT2D eigenvalue weighted by Crippen LogP contribution is -2.30. The summed E-state index contributed by atoms with van der Waals surface area (Å²) in [6.07, 6.45) is 4.96. The van der Waals surface area contributed by atoms with Gasteiger partial charge >= 0.3 is 0 Å². The van der Waals surface area contributed by atoms with Gasteiger partial charge in [-0.25, -0.2) is 9.37 Å². The summed E-state index contributed by atoms with van der Waals surface area (Å²) in [4.78, 5) is 21.6. The Morgan fingerprint density at radius 3 is 2.76 bits per heavy atom. The molecular weight excluding hydrogens is 480 g/mol. The number of nitrogens with zero attached hydrogens (tertiary/aromatic N) is 3. The molecule has 4 aromatic rings. The Bertz CT molecular complexity index is 1340. The molecule has 0 saturated carbocycles. The van der Waals surface area contributed by atoms with Crippen LogP contribution in [0.5, 0.6) is 0 Å². The molecule has 7 nitrogen and oxygen atoms in total. The number of aliphatic hydroxyl groups excluding tert-OH is 1. The molecule has 0 bridgehead atoms. The van der Waals surface area contributed by atoms with Crippen LogP contribution in [-0.4, -0.2) is 32.2 Å². The van der Waals surface area contributed by atoms with Crippen molar-refractivity contribution in [2.75, 3.05) is 11.9 Å². The second-order valence-corrected chi connectivity index (χ2v) is 8.36. The van der Waals surface area contributed by atoms with Crippen molar-refractivity contribution < 1.29 is 14.3 Å². The highest BCUT2D eigenvalue weighted by Gasteiger charge is 2.17. The molecular formula is C24H20Cl2FN5O2. The molecule has 1 atom stereocenters. The fourth-order valence-corrected chi connectivity index (χ4v) is 3.74. The Labute approximate surface area is 205 Å². The third kappa shape index (κ3) is 5.36. The number of amides is 1. The number of anilines is 2. The Hall–Kier alpha value is -3.46. The summed E-state index contributed by atoms with van der Waals surface area (Å²) in [6.45, 7) is 1.56. The highest BCUT2D eigenvalue weighted by molar-refractivity contribution is 6.33. The molecule has 0 aliphatic heterocycles. The summed E-state index contributed by atoms with van der Waals surface area (Å²) in [5, 5.41) is 16.2. The highest BCUT2D eigenvalue weighted by Crippen LogP contribution is 2.25. The first-order chi connectivity index (χ1) is 16.3. The van der Waals surface area contributed by atoms with Gasteiger partial charge in [-0.2, -0.15) is 4.98 Å². The van der Waals surface area contributed by atoms with Crippen LogP contribution >= 0.6 is 23.2 Å². The van der Waals surface area contributed by atoms with Crippen LogP contribution in [0.1, 0.15) is 27.5 Å². The van der Waals surface area contributed by atoms with E-state index in [4.69, 9.17) is 23.2 Å². The molecule has 174 valence electrons. The first-order valence-electron chi connectivity index (χ1n) is 10.3. The van der Waals surface area contributed by atoms with Gasteiger partial charge in [0.1, 0.15) is 11.6 Å². The van der Waals surface area contributed by atoms with E-state index in [1.165, 1.54) is 18.2 Å². The molecule has 0 aliphatic rings. The van der Waals surface area contributed by atoms with Crippen LogP contribution in [0.25, 0.3) is 5.82 Å². The molecule has 2 heterocycles. The van der Waals surface area contributed by atoms with E-state index in [9.17, 15) is 14.3 Å². The van der Waals surface area contributed by atoms with Crippen LogP contribution < -0.4 is 10.6 Å². The lowest BCUT2D eigenvalue weighted by Gasteiger charge is -2.16. The van der Waals surface area contributed by atoms with Crippen molar-refractivity contribution in [3.63, 3.8) is 0 Å². The lowest BCUT2D eigenvalue weighted by atomic mass is 10.1. The summed E-state index contributed by atoms with van der Waals surface area (Å²) in [7, 11) is 0. The fraction of sp³-hybridized carbons (Fsp3) is 0.125. The number of aryl methyl sites for hydroxylation is 1. The van der Waals surface area contributed by atoms with Gasteiger partial charge in [-0.15, -0.1) is 0 Å². The number of hydrogen-bond donors (Lipinski definition) is 3. The van der Waals surface area contributed by atoms with E-state index < -0.39 is 11.9 Å². The van der Waals surface area contributed by atoms with Crippen LogP contribution in [-0.2, 0) is 0 Å². The molecule has 0 fully saturated rings. The van der Waals surface area contributed by atoms with Crippen LogP contribution in [0.15, 0.2) is 67.1 Å².